The molecule has 0 radical (unpaired) electrons. The fourth-order valence-electron chi connectivity index (χ4n) is 9.83. The zero-order valence-electron chi connectivity index (χ0n) is 21.7. The third kappa shape index (κ3) is 3.97. The number of esters is 1. The first-order valence-electron chi connectivity index (χ1n) is 13.9. The number of rotatable bonds is 6. The van der Waals surface area contributed by atoms with Crippen molar-refractivity contribution in [2.75, 3.05) is 7.11 Å². The van der Waals surface area contributed by atoms with E-state index in [1.807, 2.05) is 0 Å². The Balaban J connectivity index is 1.50. The van der Waals surface area contributed by atoms with Gasteiger partial charge >= 0.3 is 5.97 Å². The van der Waals surface area contributed by atoms with Gasteiger partial charge in [0, 0.05) is 0 Å². The van der Waals surface area contributed by atoms with Crippen LogP contribution < -0.4 is 0 Å². The fraction of sp³-hybridized carbons (Fsp3) is 0.966. The first-order valence-corrected chi connectivity index (χ1v) is 13.9. The van der Waals surface area contributed by atoms with Crippen LogP contribution in [0.4, 0.5) is 0 Å². The quantitative estimate of drug-likeness (QED) is 0.453. The molecule has 0 aromatic carbocycles. The molecule has 0 amide bonds. The highest BCUT2D eigenvalue weighted by atomic mass is 16.5. The van der Waals surface area contributed by atoms with Gasteiger partial charge in [0.15, 0.2) is 0 Å². The van der Waals surface area contributed by atoms with Gasteiger partial charge in [0.05, 0.1) is 19.1 Å². The summed E-state index contributed by atoms with van der Waals surface area (Å²) in [5, 5.41) is 10.7. The number of aliphatic hydroxyl groups is 1. The second-order valence-electron chi connectivity index (χ2n) is 13.3. The molecular formula is C29H50O3. The number of carbonyl (C=O) groups excluding carboxylic acids is 1. The highest BCUT2D eigenvalue weighted by Crippen LogP contribution is 2.69. The third-order valence-corrected chi connectivity index (χ3v) is 11.4. The number of methoxy groups -OCH3 is 1. The summed E-state index contributed by atoms with van der Waals surface area (Å²) in [4.78, 5) is 12.6. The first kappa shape index (κ1) is 24.6. The van der Waals surface area contributed by atoms with E-state index in [1.165, 1.54) is 58.5 Å². The first-order chi connectivity index (χ1) is 15.1. The van der Waals surface area contributed by atoms with Gasteiger partial charge in [0.2, 0.25) is 0 Å². The lowest BCUT2D eigenvalue weighted by Crippen LogP contribution is -2.58. The maximum Gasteiger partial charge on any atom is 0.311 e. The monoisotopic (exact) mass is 446 g/mol. The molecule has 0 saturated heterocycles. The van der Waals surface area contributed by atoms with Gasteiger partial charge in [-0.2, -0.15) is 0 Å². The van der Waals surface area contributed by atoms with Crippen LogP contribution in [0.25, 0.3) is 0 Å². The van der Waals surface area contributed by atoms with Gasteiger partial charge in [-0.05, 0) is 104 Å². The van der Waals surface area contributed by atoms with Crippen LogP contribution in [0.15, 0.2) is 0 Å². The normalized spacial score (nSPS) is 46.8. The molecule has 0 aliphatic heterocycles. The van der Waals surface area contributed by atoms with Gasteiger partial charge in [-0.3, -0.25) is 4.79 Å². The molecule has 3 nitrogen and oxygen atoms in total. The molecule has 4 fully saturated rings. The molecule has 0 spiro atoms. The molecule has 0 unspecified atom stereocenters. The molecular weight excluding hydrogens is 396 g/mol. The maximum atomic E-state index is 12.6. The summed E-state index contributed by atoms with van der Waals surface area (Å²) in [5.74, 6) is 4.75. The number of hydrogen-bond acceptors (Lipinski definition) is 3. The molecule has 0 bridgehead atoms. The minimum Gasteiger partial charge on any atom is -0.469 e. The fourth-order valence-corrected chi connectivity index (χ4v) is 9.83. The Kier molecular flexibility index (Phi) is 7.08. The van der Waals surface area contributed by atoms with E-state index in [0.29, 0.717) is 11.3 Å². The largest absolute Gasteiger partial charge is 0.469 e. The van der Waals surface area contributed by atoms with Gasteiger partial charge < -0.3 is 9.84 Å². The van der Waals surface area contributed by atoms with Crippen LogP contribution in [0, 0.1) is 58.2 Å². The van der Waals surface area contributed by atoms with Crippen LogP contribution in [0.2, 0.25) is 0 Å². The van der Waals surface area contributed by atoms with Crippen LogP contribution in [-0.4, -0.2) is 24.3 Å². The van der Waals surface area contributed by atoms with Crippen molar-refractivity contribution < 1.29 is 14.6 Å². The summed E-state index contributed by atoms with van der Waals surface area (Å²) in [5.41, 5.74) is 0.695. The zero-order chi connectivity index (χ0) is 23.3. The molecule has 1 N–H and O–H groups in total. The van der Waals surface area contributed by atoms with Crippen molar-refractivity contribution in [3.05, 3.63) is 0 Å². The van der Waals surface area contributed by atoms with E-state index in [4.69, 9.17) is 4.74 Å². The average molecular weight is 447 g/mol. The molecule has 3 heteroatoms. The van der Waals surface area contributed by atoms with E-state index in [9.17, 15) is 9.90 Å². The Labute approximate surface area is 197 Å². The number of ether oxygens (including phenoxy) is 1. The van der Waals surface area contributed by atoms with Crippen molar-refractivity contribution in [2.24, 2.45) is 58.2 Å². The number of hydrogen-bond donors (Lipinski definition) is 1. The molecule has 4 aliphatic rings. The lowest BCUT2D eigenvalue weighted by molar-refractivity contribution is -0.179. The SMILES string of the molecule is COC(=O)[C@@H]1[C@@H](O)CC[C@]2(C)[C@H]3CC[C@]4(C)[C@@H]([C@H](C)CCCC(C)C)CC[C@H]4[C@@H]3CC[C@@H]12. The molecule has 184 valence electrons. The molecule has 0 heterocycles. The van der Waals surface area contributed by atoms with Crippen LogP contribution in [0.1, 0.15) is 105 Å². The van der Waals surface area contributed by atoms with E-state index in [-0.39, 0.29) is 23.2 Å². The topological polar surface area (TPSA) is 46.5 Å². The van der Waals surface area contributed by atoms with Crippen molar-refractivity contribution in [3.8, 4) is 0 Å². The molecule has 10 atom stereocenters. The number of carbonyl (C=O) groups is 1. The van der Waals surface area contributed by atoms with Crippen molar-refractivity contribution in [3.63, 3.8) is 0 Å². The minimum absolute atomic E-state index is 0.177. The average Bonchev–Trinajstić information content (AvgIpc) is 3.10. The van der Waals surface area contributed by atoms with Crippen LogP contribution in [0.5, 0.6) is 0 Å². The Morgan fingerprint density at radius 3 is 2.25 bits per heavy atom. The van der Waals surface area contributed by atoms with Gasteiger partial charge in [-0.25, -0.2) is 0 Å². The second kappa shape index (κ2) is 9.23. The van der Waals surface area contributed by atoms with Gasteiger partial charge in [-0.15, -0.1) is 0 Å². The molecule has 0 aromatic heterocycles. The Morgan fingerprint density at radius 2 is 1.56 bits per heavy atom. The smallest absolute Gasteiger partial charge is 0.311 e. The van der Waals surface area contributed by atoms with E-state index in [0.717, 1.165) is 48.9 Å². The Hall–Kier alpha value is -0.570. The maximum absolute atomic E-state index is 12.6. The second-order valence-corrected chi connectivity index (χ2v) is 13.3. The Bertz CT molecular complexity index is 673. The molecule has 0 aromatic rings. The highest BCUT2D eigenvalue weighted by molar-refractivity contribution is 5.73. The highest BCUT2D eigenvalue weighted by Gasteiger charge is 2.62. The Morgan fingerprint density at radius 1 is 0.906 bits per heavy atom. The summed E-state index contributed by atoms with van der Waals surface area (Å²) < 4.78 is 5.16. The lowest BCUT2D eigenvalue weighted by atomic mass is 9.43. The minimum atomic E-state index is -0.520. The lowest BCUT2D eigenvalue weighted by Gasteiger charge is -2.62. The van der Waals surface area contributed by atoms with Gasteiger partial charge in [0.25, 0.3) is 0 Å². The van der Waals surface area contributed by atoms with Crippen molar-refractivity contribution in [1.29, 1.82) is 0 Å². The summed E-state index contributed by atoms with van der Waals surface area (Å²) in [6.07, 6.45) is 13.3. The van der Waals surface area contributed by atoms with Crippen LogP contribution in [-0.2, 0) is 9.53 Å². The van der Waals surface area contributed by atoms with Crippen molar-refractivity contribution in [2.45, 2.75) is 111 Å². The third-order valence-electron chi connectivity index (χ3n) is 11.4. The van der Waals surface area contributed by atoms with Gasteiger partial charge in [-0.1, -0.05) is 53.9 Å². The number of aliphatic hydroxyl groups excluding tert-OH is 1. The predicted octanol–water partition coefficient (Wildman–Crippen LogP) is 6.87. The zero-order valence-corrected chi connectivity index (χ0v) is 21.7. The van der Waals surface area contributed by atoms with E-state index in [2.05, 4.69) is 34.6 Å². The number of fused-ring (bicyclic) bond motifs is 5. The van der Waals surface area contributed by atoms with E-state index >= 15 is 0 Å². The van der Waals surface area contributed by atoms with Crippen molar-refractivity contribution >= 4 is 5.97 Å². The standard InChI is InChI=1S/C29H50O3/c1-18(2)8-7-9-19(3)21-12-13-22-20-10-11-24-26(27(31)32-6)25(30)15-17-29(24,5)23(20)14-16-28(21,22)4/h18-26,30H,7-17H2,1-6H3/t19-,20+,21-,22+,23+,24+,25+,26+,28-,29-/m1/s1. The molecule has 32 heavy (non-hydrogen) atoms. The summed E-state index contributed by atoms with van der Waals surface area (Å²) >= 11 is 0. The van der Waals surface area contributed by atoms with E-state index < -0.39 is 6.10 Å². The predicted molar refractivity (Wildman–Crippen MR) is 130 cm³/mol. The van der Waals surface area contributed by atoms with Crippen LogP contribution in [0.3, 0.4) is 0 Å². The summed E-state index contributed by atoms with van der Waals surface area (Å²) in [7, 11) is 1.49. The molecule has 4 saturated carbocycles. The van der Waals surface area contributed by atoms with E-state index in [1.54, 1.807) is 0 Å². The van der Waals surface area contributed by atoms with Crippen molar-refractivity contribution in [1.82, 2.24) is 0 Å². The molecule has 4 aliphatic carbocycles. The summed E-state index contributed by atoms with van der Waals surface area (Å²) in [6.45, 7) is 12.4. The molecule has 4 rings (SSSR count). The van der Waals surface area contributed by atoms with Gasteiger partial charge in [0.1, 0.15) is 0 Å². The van der Waals surface area contributed by atoms with Crippen LogP contribution >= 0.6 is 0 Å². The summed E-state index contributed by atoms with van der Waals surface area (Å²) in [6, 6.07) is 0.